The van der Waals surface area contributed by atoms with Crippen LogP contribution in [0.1, 0.15) is 11.1 Å². The Bertz CT molecular complexity index is 773. The molecule has 0 radical (unpaired) electrons. The molecule has 21 heavy (non-hydrogen) atoms. The lowest BCUT2D eigenvalue weighted by atomic mass is 9.91. The molecule has 0 amide bonds. The average Bonchev–Trinajstić information content (AvgIpc) is 2.52. The van der Waals surface area contributed by atoms with Crippen molar-refractivity contribution in [3.05, 3.63) is 82.3 Å². The van der Waals surface area contributed by atoms with E-state index in [1.807, 2.05) is 0 Å². The van der Waals surface area contributed by atoms with Crippen molar-refractivity contribution < 1.29 is 0 Å². The Morgan fingerprint density at radius 1 is 0.571 bits per heavy atom. The quantitative estimate of drug-likeness (QED) is 0.507. The van der Waals surface area contributed by atoms with Crippen LogP contribution in [0, 0.1) is 13.8 Å². The Hall–Kier alpha value is -1.86. The van der Waals surface area contributed by atoms with Gasteiger partial charge in [0.1, 0.15) is 0 Å². The molecule has 0 saturated heterocycles. The molecule has 0 saturated carbocycles. The normalized spacial score (nSPS) is 10.6. The first kappa shape index (κ1) is 14.1. The van der Waals surface area contributed by atoms with Crippen LogP contribution in [0.2, 0.25) is 0 Å². The third kappa shape index (κ3) is 2.66. The van der Waals surface area contributed by atoms with Gasteiger partial charge in [0.2, 0.25) is 0 Å². The molecular formula is C20H17Br. The molecule has 0 aliphatic rings. The topological polar surface area (TPSA) is 0 Å². The van der Waals surface area contributed by atoms with Crippen LogP contribution < -0.4 is 0 Å². The average molecular weight is 337 g/mol. The van der Waals surface area contributed by atoms with Gasteiger partial charge in [0.15, 0.2) is 0 Å². The summed E-state index contributed by atoms with van der Waals surface area (Å²) >= 11 is 3.63. The maximum Gasteiger partial charge on any atom is 0.0210 e. The molecule has 0 unspecified atom stereocenters. The minimum absolute atomic E-state index is 1.16. The van der Waals surface area contributed by atoms with E-state index < -0.39 is 0 Å². The van der Waals surface area contributed by atoms with E-state index in [-0.39, 0.29) is 0 Å². The highest BCUT2D eigenvalue weighted by Gasteiger charge is 2.10. The zero-order valence-corrected chi connectivity index (χ0v) is 13.8. The van der Waals surface area contributed by atoms with E-state index in [1.165, 1.54) is 33.4 Å². The van der Waals surface area contributed by atoms with Crippen molar-refractivity contribution in [2.45, 2.75) is 13.8 Å². The third-order valence-electron chi connectivity index (χ3n) is 3.98. The van der Waals surface area contributed by atoms with Crippen molar-refractivity contribution in [2.24, 2.45) is 0 Å². The highest BCUT2D eigenvalue weighted by Crippen LogP contribution is 2.35. The van der Waals surface area contributed by atoms with E-state index >= 15 is 0 Å². The van der Waals surface area contributed by atoms with E-state index in [1.54, 1.807) is 0 Å². The second kappa shape index (κ2) is 5.87. The van der Waals surface area contributed by atoms with Gasteiger partial charge in [-0.3, -0.25) is 0 Å². The molecule has 1 heteroatoms. The Kier molecular flexibility index (Phi) is 3.94. The number of hydrogen-bond donors (Lipinski definition) is 0. The van der Waals surface area contributed by atoms with Gasteiger partial charge < -0.3 is 0 Å². The van der Waals surface area contributed by atoms with E-state index in [0.717, 1.165) is 4.47 Å². The fraction of sp³-hybridized carbons (Fsp3) is 0.100. The summed E-state index contributed by atoms with van der Waals surface area (Å²) in [6.07, 6.45) is 0. The lowest BCUT2D eigenvalue weighted by Gasteiger charge is -2.14. The number of hydrogen-bond acceptors (Lipinski definition) is 0. The summed E-state index contributed by atoms with van der Waals surface area (Å²) in [4.78, 5) is 0. The maximum absolute atomic E-state index is 3.63. The van der Waals surface area contributed by atoms with Gasteiger partial charge in [0.05, 0.1) is 0 Å². The first-order valence-electron chi connectivity index (χ1n) is 7.09. The molecule has 3 aromatic rings. The fourth-order valence-electron chi connectivity index (χ4n) is 2.76. The molecule has 0 heterocycles. The molecule has 0 spiro atoms. The van der Waals surface area contributed by atoms with Crippen LogP contribution in [0.5, 0.6) is 0 Å². The van der Waals surface area contributed by atoms with E-state index in [2.05, 4.69) is 96.5 Å². The monoisotopic (exact) mass is 336 g/mol. The Balaban J connectivity index is 2.20. The Morgan fingerprint density at radius 3 is 1.86 bits per heavy atom. The van der Waals surface area contributed by atoms with Gasteiger partial charge in [-0.05, 0) is 53.3 Å². The number of halogens is 1. The second-order valence-electron chi connectivity index (χ2n) is 5.26. The lowest BCUT2D eigenvalue weighted by molar-refractivity contribution is 1.38. The molecule has 0 aliphatic heterocycles. The van der Waals surface area contributed by atoms with E-state index in [4.69, 9.17) is 0 Å². The summed E-state index contributed by atoms with van der Waals surface area (Å²) in [6, 6.07) is 23.5. The molecule has 104 valence electrons. The predicted molar refractivity (Wildman–Crippen MR) is 94.5 cm³/mol. The summed E-state index contributed by atoms with van der Waals surface area (Å²) < 4.78 is 1.16. The number of benzene rings is 3. The van der Waals surface area contributed by atoms with Gasteiger partial charge in [-0.1, -0.05) is 76.6 Å². The van der Waals surface area contributed by atoms with Crippen LogP contribution >= 0.6 is 15.9 Å². The Morgan fingerprint density at radius 2 is 1.14 bits per heavy atom. The minimum Gasteiger partial charge on any atom is -0.0622 e. The van der Waals surface area contributed by atoms with Gasteiger partial charge >= 0.3 is 0 Å². The fourth-order valence-corrected chi connectivity index (χ4v) is 3.12. The van der Waals surface area contributed by atoms with Crippen molar-refractivity contribution in [3.8, 4) is 22.3 Å². The molecule has 0 atom stereocenters. The zero-order valence-electron chi connectivity index (χ0n) is 12.2. The Labute approximate surface area is 134 Å². The van der Waals surface area contributed by atoms with Crippen molar-refractivity contribution in [3.63, 3.8) is 0 Å². The van der Waals surface area contributed by atoms with Crippen LogP contribution in [0.25, 0.3) is 22.3 Å². The van der Waals surface area contributed by atoms with E-state index in [9.17, 15) is 0 Å². The van der Waals surface area contributed by atoms with Crippen LogP contribution in [-0.2, 0) is 0 Å². The van der Waals surface area contributed by atoms with E-state index in [0.29, 0.717) is 0 Å². The molecule has 0 nitrogen and oxygen atoms in total. The molecule has 0 aromatic heterocycles. The van der Waals surface area contributed by atoms with Crippen LogP contribution in [-0.4, -0.2) is 0 Å². The SMILES string of the molecule is Cc1c(Br)cccc1-c1cccc(-c2ccccc2)c1C. The summed E-state index contributed by atoms with van der Waals surface area (Å²) in [5.74, 6) is 0. The highest BCUT2D eigenvalue weighted by molar-refractivity contribution is 9.10. The molecule has 0 N–H and O–H groups in total. The zero-order chi connectivity index (χ0) is 14.8. The molecular weight excluding hydrogens is 320 g/mol. The van der Waals surface area contributed by atoms with Gasteiger partial charge in [-0.2, -0.15) is 0 Å². The van der Waals surface area contributed by atoms with Gasteiger partial charge in [-0.25, -0.2) is 0 Å². The van der Waals surface area contributed by atoms with Crippen molar-refractivity contribution in [2.75, 3.05) is 0 Å². The van der Waals surface area contributed by atoms with Crippen LogP contribution in [0.15, 0.2) is 71.2 Å². The predicted octanol–water partition coefficient (Wildman–Crippen LogP) is 6.40. The maximum atomic E-state index is 3.63. The second-order valence-corrected chi connectivity index (χ2v) is 6.11. The molecule has 3 aromatic carbocycles. The molecule has 0 aliphatic carbocycles. The molecule has 0 fully saturated rings. The van der Waals surface area contributed by atoms with Gasteiger partial charge in [-0.15, -0.1) is 0 Å². The van der Waals surface area contributed by atoms with Crippen LogP contribution in [0.4, 0.5) is 0 Å². The summed E-state index contributed by atoms with van der Waals surface area (Å²) in [7, 11) is 0. The minimum atomic E-state index is 1.16. The van der Waals surface area contributed by atoms with Crippen molar-refractivity contribution >= 4 is 15.9 Å². The summed E-state index contributed by atoms with van der Waals surface area (Å²) in [5, 5.41) is 0. The van der Waals surface area contributed by atoms with Gasteiger partial charge in [0.25, 0.3) is 0 Å². The smallest absolute Gasteiger partial charge is 0.0210 e. The van der Waals surface area contributed by atoms with Gasteiger partial charge in [0, 0.05) is 4.47 Å². The lowest BCUT2D eigenvalue weighted by Crippen LogP contribution is -1.91. The number of rotatable bonds is 2. The first-order chi connectivity index (χ1) is 10.2. The van der Waals surface area contributed by atoms with Crippen molar-refractivity contribution in [1.29, 1.82) is 0 Å². The highest BCUT2D eigenvalue weighted by atomic mass is 79.9. The summed E-state index contributed by atoms with van der Waals surface area (Å²) in [6.45, 7) is 4.37. The first-order valence-corrected chi connectivity index (χ1v) is 7.88. The largest absolute Gasteiger partial charge is 0.0622 e. The molecule has 0 bridgehead atoms. The summed E-state index contributed by atoms with van der Waals surface area (Å²) in [5.41, 5.74) is 7.77. The third-order valence-corrected chi connectivity index (χ3v) is 4.84. The standard InChI is InChI=1S/C20H17Br/c1-14-17(16-8-4-3-5-9-16)10-6-11-18(14)19-12-7-13-20(21)15(19)2/h3-13H,1-2H3. The van der Waals surface area contributed by atoms with Crippen LogP contribution in [0.3, 0.4) is 0 Å². The van der Waals surface area contributed by atoms with Crippen molar-refractivity contribution in [1.82, 2.24) is 0 Å². The molecule has 3 rings (SSSR count).